The van der Waals surface area contributed by atoms with Crippen LogP contribution in [0.1, 0.15) is 20.8 Å². The fourth-order valence-corrected chi connectivity index (χ4v) is 3.01. The van der Waals surface area contributed by atoms with Crippen molar-refractivity contribution in [1.29, 1.82) is 0 Å². The van der Waals surface area contributed by atoms with E-state index in [4.69, 9.17) is 4.43 Å². The number of rotatable bonds is 5. The van der Waals surface area contributed by atoms with Gasteiger partial charge in [0.15, 0.2) is 8.32 Å². The predicted molar refractivity (Wildman–Crippen MR) is 71.2 cm³/mol. The topological polar surface area (TPSA) is 26.3 Å². The summed E-state index contributed by atoms with van der Waals surface area (Å²) in [6.07, 6.45) is 3.39. The molecule has 0 aliphatic rings. The molecule has 0 N–H and O–H groups in total. The zero-order chi connectivity index (χ0) is 12.3. The SMILES string of the molecule is C=C[C@@H](CS(C)=O)O[Si](C)(C)C(C)(C)C. The third kappa shape index (κ3) is 5.09. The summed E-state index contributed by atoms with van der Waals surface area (Å²) in [7, 11) is -2.59. The fourth-order valence-electron chi connectivity index (χ4n) is 0.937. The van der Waals surface area contributed by atoms with E-state index in [0.717, 1.165) is 0 Å². The van der Waals surface area contributed by atoms with E-state index in [1.54, 1.807) is 12.3 Å². The molecule has 0 bridgehead atoms. The van der Waals surface area contributed by atoms with E-state index >= 15 is 0 Å². The molecule has 0 saturated heterocycles. The van der Waals surface area contributed by atoms with Crippen LogP contribution in [0.2, 0.25) is 18.1 Å². The van der Waals surface area contributed by atoms with Gasteiger partial charge >= 0.3 is 0 Å². The zero-order valence-electron chi connectivity index (χ0n) is 10.8. The van der Waals surface area contributed by atoms with Gasteiger partial charge in [0.1, 0.15) is 0 Å². The van der Waals surface area contributed by atoms with Crippen molar-refractivity contribution in [3.05, 3.63) is 12.7 Å². The second-order valence-corrected chi connectivity index (χ2v) is 11.6. The summed E-state index contributed by atoms with van der Waals surface area (Å²) >= 11 is 0. The number of hydrogen-bond acceptors (Lipinski definition) is 2. The lowest BCUT2D eigenvalue weighted by Crippen LogP contribution is -2.44. The Bertz CT molecular complexity index is 243. The molecular weight excluding hydrogens is 224 g/mol. The molecule has 0 amide bonds. The lowest BCUT2D eigenvalue weighted by atomic mass is 10.2. The van der Waals surface area contributed by atoms with Crippen LogP contribution in [-0.4, -0.2) is 30.6 Å². The van der Waals surface area contributed by atoms with Crippen molar-refractivity contribution in [2.75, 3.05) is 12.0 Å². The van der Waals surface area contributed by atoms with Gasteiger partial charge < -0.3 is 4.43 Å². The van der Waals surface area contributed by atoms with E-state index < -0.39 is 19.1 Å². The largest absolute Gasteiger partial charge is 0.410 e. The van der Waals surface area contributed by atoms with Gasteiger partial charge in [-0.25, -0.2) is 0 Å². The minimum absolute atomic E-state index is 0.0725. The maximum Gasteiger partial charge on any atom is 0.192 e. The molecule has 0 aliphatic heterocycles. The summed E-state index contributed by atoms with van der Waals surface area (Å²) < 4.78 is 17.2. The minimum atomic E-state index is -1.76. The summed E-state index contributed by atoms with van der Waals surface area (Å²) in [4.78, 5) is 0. The van der Waals surface area contributed by atoms with Crippen molar-refractivity contribution in [2.45, 2.75) is 45.0 Å². The van der Waals surface area contributed by atoms with E-state index in [-0.39, 0.29) is 11.1 Å². The maximum absolute atomic E-state index is 11.1. The van der Waals surface area contributed by atoms with Crippen LogP contribution in [0.5, 0.6) is 0 Å². The summed E-state index contributed by atoms with van der Waals surface area (Å²) in [6.45, 7) is 14.7. The van der Waals surface area contributed by atoms with Crippen molar-refractivity contribution >= 4 is 19.1 Å². The molecule has 2 atom stereocenters. The smallest absolute Gasteiger partial charge is 0.192 e. The van der Waals surface area contributed by atoms with Gasteiger partial charge in [-0.05, 0) is 18.1 Å². The van der Waals surface area contributed by atoms with Crippen molar-refractivity contribution < 1.29 is 8.63 Å². The third-order valence-electron chi connectivity index (χ3n) is 2.91. The van der Waals surface area contributed by atoms with Crippen LogP contribution in [-0.2, 0) is 15.2 Å². The highest BCUT2D eigenvalue weighted by Gasteiger charge is 2.38. The Hall–Kier alpha value is 0.0669. The second-order valence-electron chi connectivity index (χ2n) is 5.39. The Morgan fingerprint density at radius 3 is 2.20 bits per heavy atom. The average Bonchev–Trinajstić information content (AvgIpc) is 1.99. The van der Waals surface area contributed by atoms with Gasteiger partial charge in [-0.1, -0.05) is 26.8 Å². The lowest BCUT2D eigenvalue weighted by Gasteiger charge is -2.38. The molecule has 0 aromatic heterocycles. The Balaban J connectivity index is 4.54. The van der Waals surface area contributed by atoms with Crippen LogP contribution in [0.3, 0.4) is 0 Å². The van der Waals surface area contributed by atoms with Crippen molar-refractivity contribution in [2.24, 2.45) is 0 Å². The molecule has 0 aromatic rings. The van der Waals surface area contributed by atoms with E-state index in [1.807, 2.05) is 0 Å². The van der Waals surface area contributed by atoms with Crippen LogP contribution < -0.4 is 0 Å². The molecule has 15 heavy (non-hydrogen) atoms. The molecule has 0 heterocycles. The Morgan fingerprint density at radius 1 is 1.47 bits per heavy atom. The number of hydrogen-bond donors (Lipinski definition) is 0. The Labute approximate surface area is 97.7 Å². The van der Waals surface area contributed by atoms with Crippen molar-refractivity contribution in [3.63, 3.8) is 0 Å². The van der Waals surface area contributed by atoms with Gasteiger partial charge in [0.25, 0.3) is 0 Å². The Morgan fingerprint density at radius 2 is 1.93 bits per heavy atom. The molecule has 0 aromatic carbocycles. The van der Waals surface area contributed by atoms with Crippen LogP contribution in [0.15, 0.2) is 12.7 Å². The van der Waals surface area contributed by atoms with Gasteiger partial charge in [0.2, 0.25) is 0 Å². The molecule has 1 unspecified atom stereocenters. The molecule has 0 spiro atoms. The fraction of sp³-hybridized carbons (Fsp3) is 0.818. The Kier molecular flexibility index (Phi) is 5.44. The van der Waals surface area contributed by atoms with Crippen molar-refractivity contribution in [3.8, 4) is 0 Å². The van der Waals surface area contributed by atoms with Crippen LogP contribution >= 0.6 is 0 Å². The molecule has 0 radical (unpaired) electrons. The average molecular weight is 248 g/mol. The van der Waals surface area contributed by atoms with E-state index in [9.17, 15) is 4.21 Å². The molecular formula is C11H24O2SSi. The first-order valence-corrected chi connectivity index (χ1v) is 9.84. The van der Waals surface area contributed by atoms with Crippen LogP contribution in [0.4, 0.5) is 0 Å². The normalized spacial score (nSPS) is 17.2. The molecule has 0 saturated carbocycles. The van der Waals surface area contributed by atoms with E-state index in [2.05, 4.69) is 40.4 Å². The first kappa shape index (κ1) is 15.1. The molecule has 0 aliphatic carbocycles. The zero-order valence-corrected chi connectivity index (χ0v) is 12.6. The summed E-state index contributed by atoms with van der Waals surface area (Å²) in [5.41, 5.74) is 0. The summed E-state index contributed by atoms with van der Waals surface area (Å²) in [5, 5.41) is 0.184. The highest BCUT2D eigenvalue weighted by molar-refractivity contribution is 7.84. The summed E-state index contributed by atoms with van der Waals surface area (Å²) in [6, 6.07) is 0. The minimum Gasteiger partial charge on any atom is -0.410 e. The first-order chi connectivity index (χ1) is 6.60. The van der Waals surface area contributed by atoms with Gasteiger partial charge in [-0.15, -0.1) is 6.58 Å². The highest BCUT2D eigenvalue weighted by Crippen LogP contribution is 2.37. The van der Waals surface area contributed by atoms with Crippen LogP contribution in [0, 0.1) is 0 Å². The lowest BCUT2D eigenvalue weighted by molar-refractivity contribution is 0.247. The predicted octanol–water partition coefficient (Wildman–Crippen LogP) is 2.94. The molecule has 0 rings (SSSR count). The van der Waals surface area contributed by atoms with E-state index in [0.29, 0.717) is 5.75 Å². The van der Waals surface area contributed by atoms with Crippen LogP contribution in [0.25, 0.3) is 0 Å². The standard InChI is InChI=1S/C11H24O2SSi/c1-8-10(9-14(5)12)13-15(6,7)11(2,3)4/h8,10H,1,9H2,2-7H3/t10-,14?/m0/s1. The molecule has 2 nitrogen and oxygen atoms in total. The molecule has 90 valence electrons. The van der Waals surface area contributed by atoms with Gasteiger partial charge in [0.05, 0.1) is 11.9 Å². The highest BCUT2D eigenvalue weighted by atomic mass is 32.2. The van der Waals surface area contributed by atoms with Crippen molar-refractivity contribution in [1.82, 2.24) is 0 Å². The quantitative estimate of drug-likeness (QED) is 0.552. The second kappa shape index (κ2) is 5.41. The van der Waals surface area contributed by atoms with Gasteiger partial charge in [-0.2, -0.15) is 0 Å². The monoisotopic (exact) mass is 248 g/mol. The first-order valence-electron chi connectivity index (χ1n) is 5.20. The maximum atomic E-state index is 11.1. The van der Waals surface area contributed by atoms with E-state index in [1.165, 1.54) is 0 Å². The molecule has 4 heteroatoms. The molecule has 0 fully saturated rings. The third-order valence-corrected chi connectivity index (χ3v) is 8.22. The summed E-state index contributed by atoms with van der Waals surface area (Å²) in [5.74, 6) is 0.552. The van der Waals surface area contributed by atoms with Gasteiger partial charge in [0, 0.05) is 17.1 Å². The van der Waals surface area contributed by atoms with Gasteiger partial charge in [-0.3, -0.25) is 4.21 Å².